The summed E-state index contributed by atoms with van der Waals surface area (Å²) < 4.78 is 18.1. The van der Waals surface area contributed by atoms with Gasteiger partial charge in [0.15, 0.2) is 5.12 Å². The number of halogens is 1. The lowest BCUT2D eigenvalue weighted by atomic mass is 10.0. The number of carbonyl (C=O) groups is 4. The normalized spacial score (nSPS) is 18.1. The second-order valence-electron chi connectivity index (χ2n) is 8.17. The maximum absolute atomic E-state index is 13.2. The van der Waals surface area contributed by atoms with Gasteiger partial charge in [-0.3, -0.25) is 14.4 Å². The molecule has 1 aliphatic heterocycles. The Bertz CT molecular complexity index is 1090. The van der Waals surface area contributed by atoms with Gasteiger partial charge in [0.2, 0.25) is 11.8 Å². The molecule has 0 saturated carbocycles. The summed E-state index contributed by atoms with van der Waals surface area (Å²) >= 11 is 0.827. The van der Waals surface area contributed by atoms with E-state index in [9.17, 15) is 28.7 Å². The van der Waals surface area contributed by atoms with Crippen molar-refractivity contribution in [3.05, 3.63) is 65.5 Å². The molecule has 3 rings (SSSR count). The summed E-state index contributed by atoms with van der Waals surface area (Å²) in [5.74, 6) is -1.95. The number of likely N-dealkylation sites (tertiary alicyclic amines) is 1. The third-order valence-corrected chi connectivity index (χ3v) is 6.75. The fraction of sp³-hybridized carbons (Fsp3) is 0.360. The van der Waals surface area contributed by atoms with E-state index < -0.39 is 40.9 Å². The zero-order valence-corrected chi connectivity index (χ0v) is 20.2. The first-order valence-electron chi connectivity index (χ1n) is 11.1. The Labute approximate surface area is 206 Å². The molecule has 186 valence electrons. The van der Waals surface area contributed by atoms with Gasteiger partial charge in [-0.2, -0.15) is 0 Å². The standard InChI is InChI=1S/C25H27FN2O6S/c1-15(29)35-22(12-16-6-8-18(26)9-7-16)24(32)27-14-23(31)28-20(10-11-21(28)25(33)34-2)17-4-3-5-19(30)13-17/h3-9,13,20-22,30H,10-12,14H2,1-2H3,(H,27,32)/t20-,21+,22+/m1/s1. The molecule has 0 bridgehead atoms. The third-order valence-electron chi connectivity index (χ3n) is 5.75. The lowest BCUT2D eigenvalue weighted by Crippen LogP contribution is -2.48. The number of hydrogen-bond donors (Lipinski definition) is 2. The van der Waals surface area contributed by atoms with Crippen LogP contribution in [-0.4, -0.2) is 57.9 Å². The predicted octanol–water partition coefficient (Wildman–Crippen LogP) is 2.74. The molecule has 1 aliphatic rings. The minimum Gasteiger partial charge on any atom is -0.508 e. The lowest BCUT2D eigenvalue weighted by Gasteiger charge is -2.29. The van der Waals surface area contributed by atoms with E-state index in [4.69, 9.17) is 4.74 Å². The molecule has 0 aromatic heterocycles. The number of amides is 2. The molecule has 2 N–H and O–H groups in total. The molecule has 0 spiro atoms. The van der Waals surface area contributed by atoms with Crippen LogP contribution >= 0.6 is 11.8 Å². The Kier molecular flexibility index (Phi) is 8.86. The van der Waals surface area contributed by atoms with E-state index in [1.165, 1.54) is 55.3 Å². The first kappa shape index (κ1) is 26.2. The van der Waals surface area contributed by atoms with E-state index in [2.05, 4.69) is 5.32 Å². The number of aromatic hydroxyl groups is 1. The molecule has 3 atom stereocenters. The van der Waals surface area contributed by atoms with Gasteiger partial charge in [0.05, 0.1) is 24.9 Å². The van der Waals surface area contributed by atoms with Crippen LogP contribution in [0.25, 0.3) is 0 Å². The predicted molar refractivity (Wildman–Crippen MR) is 128 cm³/mol. The lowest BCUT2D eigenvalue weighted by molar-refractivity contribution is -0.152. The van der Waals surface area contributed by atoms with E-state index >= 15 is 0 Å². The maximum atomic E-state index is 13.2. The number of nitrogens with one attached hydrogen (secondary N) is 1. The van der Waals surface area contributed by atoms with E-state index in [0.717, 1.165) is 11.8 Å². The molecule has 8 nitrogen and oxygen atoms in total. The minimum absolute atomic E-state index is 0.0367. The first-order chi connectivity index (χ1) is 16.7. The highest BCUT2D eigenvalue weighted by Gasteiger charge is 2.42. The Morgan fingerprint density at radius 1 is 1.17 bits per heavy atom. The molecule has 0 aliphatic carbocycles. The molecule has 0 unspecified atom stereocenters. The van der Waals surface area contributed by atoms with Crippen LogP contribution in [0.3, 0.4) is 0 Å². The van der Waals surface area contributed by atoms with Gasteiger partial charge in [0.1, 0.15) is 17.6 Å². The third kappa shape index (κ3) is 6.82. The SMILES string of the molecule is COC(=O)[C@@H]1CC[C@H](c2cccc(O)c2)N1C(=O)CNC(=O)[C@H](Cc1ccc(F)cc1)SC(C)=O. The van der Waals surface area contributed by atoms with Gasteiger partial charge in [-0.05, 0) is 54.7 Å². The van der Waals surface area contributed by atoms with Crippen LogP contribution in [0.2, 0.25) is 0 Å². The van der Waals surface area contributed by atoms with E-state index in [0.29, 0.717) is 24.0 Å². The monoisotopic (exact) mass is 502 g/mol. The Balaban J connectivity index is 1.73. The average molecular weight is 503 g/mol. The number of carbonyl (C=O) groups excluding carboxylic acids is 4. The maximum Gasteiger partial charge on any atom is 0.328 e. The van der Waals surface area contributed by atoms with Crippen molar-refractivity contribution in [1.29, 1.82) is 0 Å². The zero-order valence-electron chi connectivity index (χ0n) is 19.4. The smallest absolute Gasteiger partial charge is 0.328 e. The molecule has 1 fully saturated rings. The molecule has 1 heterocycles. The number of thioether (sulfide) groups is 1. The number of benzene rings is 2. The molecular formula is C25H27FN2O6S. The molecular weight excluding hydrogens is 475 g/mol. The second-order valence-corrected chi connectivity index (χ2v) is 9.55. The highest BCUT2D eigenvalue weighted by atomic mass is 32.2. The fourth-order valence-corrected chi connectivity index (χ4v) is 5.04. The van der Waals surface area contributed by atoms with Gasteiger partial charge >= 0.3 is 5.97 Å². The van der Waals surface area contributed by atoms with E-state index in [1.54, 1.807) is 12.1 Å². The van der Waals surface area contributed by atoms with Gasteiger partial charge in [0, 0.05) is 6.92 Å². The molecule has 0 radical (unpaired) electrons. The minimum atomic E-state index is -0.821. The summed E-state index contributed by atoms with van der Waals surface area (Å²) in [7, 11) is 1.24. The Hall–Kier alpha value is -3.40. The zero-order chi connectivity index (χ0) is 25.5. The van der Waals surface area contributed by atoms with Crippen molar-refractivity contribution in [2.45, 2.75) is 43.5 Å². The number of phenolic OH excluding ortho intramolecular Hbond substituents is 1. The van der Waals surface area contributed by atoms with Crippen LogP contribution in [0.5, 0.6) is 5.75 Å². The van der Waals surface area contributed by atoms with Crippen LogP contribution < -0.4 is 5.32 Å². The number of nitrogens with zero attached hydrogens (tertiary/aromatic N) is 1. The Morgan fingerprint density at radius 2 is 1.89 bits per heavy atom. The van der Waals surface area contributed by atoms with Crippen molar-refractivity contribution < 1.29 is 33.4 Å². The first-order valence-corrected chi connectivity index (χ1v) is 11.9. The second kappa shape index (κ2) is 11.8. The van der Waals surface area contributed by atoms with Gasteiger partial charge in [-0.25, -0.2) is 9.18 Å². The number of methoxy groups -OCH3 is 1. The Morgan fingerprint density at radius 3 is 2.51 bits per heavy atom. The fourth-order valence-electron chi connectivity index (χ4n) is 4.18. The highest BCUT2D eigenvalue weighted by Crippen LogP contribution is 2.37. The van der Waals surface area contributed by atoms with Crippen LogP contribution in [0.4, 0.5) is 4.39 Å². The quantitative estimate of drug-likeness (QED) is 0.534. The van der Waals surface area contributed by atoms with Gasteiger partial charge in [-0.15, -0.1) is 0 Å². The molecule has 2 aromatic carbocycles. The molecule has 10 heteroatoms. The summed E-state index contributed by atoms with van der Waals surface area (Å²) in [6, 6.07) is 10.8. The van der Waals surface area contributed by atoms with Crippen molar-refractivity contribution in [2.75, 3.05) is 13.7 Å². The summed E-state index contributed by atoms with van der Waals surface area (Å²) in [6.07, 6.45) is 1.03. The summed E-state index contributed by atoms with van der Waals surface area (Å²) in [4.78, 5) is 51.5. The summed E-state index contributed by atoms with van der Waals surface area (Å²) in [6.45, 7) is 0.950. The number of phenols is 1. The summed E-state index contributed by atoms with van der Waals surface area (Å²) in [5.41, 5.74) is 1.33. The summed E-state index contributed by atoms with van der Waals surface area (Å²) in [5, 5.41) is 11.4. The largest absolute Gasteiger partial charge is 0.508 e. The topological polar surface area (TPSA) is 113 Å². The number of ether oxygens (including phenoxy) is 1. The van der Waals surface area contributed by atoms with E-state index in [-0.39, 0.29) is 23.8 Å². The van der Waals surface area contributed by atoms with E-state index in [1.807, 2.05) is 0 Å². The number of rotatable bonds is 8. The molecule has 35 heavy (non-hydrogen) atoms. The van der Waals surface area contributed by atoms with Crippen molar-refractivity contribution >= 4 is 34.7 Å². The van der Waals surface area contributed by atoms with Crippen LogP contribution in [0, 0.1) is 5.82 Å². The van der Waals surface area contributed by atoms with Gasteiger partial charge < -0.3 is 20.1 Å². The van der Waals surface area contributed by atoms with Crippen LogP contribution in [-0.2, 0) is 30.3 Å². The van der Waals surface area contributed by atoms with Crippen molar-refractivity contribution in [2.24, 2.45) is 0 Å². The van der Waals surface area contributed by atoms with Crippen LogP contribution in [0.1, 0.15) is 36.9 Å². The molecule has 2 aromatic rings. The van der Waals surface area contributed by atoms with Crippen molar-refractivity contribution in [1.82, 2.24) is 10.2 Å². The van der Waals surface area contributed by atoms with Crippen LogP contribution in [0.15, 0.2) is 48.5 Å². The molecule has 2 amide bonds. The van der Waals surface area contributed by atoms with Gasteiger partial charge in [0.25, 0.3) is 0 Å². The highest BCUT2D eigenvalue weighted by molar-refractivity contribution is 8.14. The number of hydrogen-bond acceptors (Lipinski definition) is 7. The van der Waals surface area contributed by atoms with Gasteiger partial charge in [-0.1, -0.05) is 36.0 Å². The number of esters is 1. The van der Waals surface area contributed by atoms with Crippen molar-refractivity contribution in [3.63, 3.8) is 0 Å². The molecule has 1 saturated heterocycles. The van der Waals surface area contributed by atoms with Crippen molar-refractivity contribution in [3.8, 4) is 5.75 Å². The average Bonchev–Trinajstić information content (AvgIpc) is 3.28.